The van der Waals surface area contributed by atoms with Crippen molar-refractivity contribution >= 4 is 16.0 Å². The summed E-state index contributed by atoms with van der Waals surface area (Å²) in [4.78, 5) is 10.8. The second-order valence-corrected chi connectivity index (χ2v) is 6.90. The molecule has 104 valence electrons. The van der Waals surface area contributed by atoms with Crippen molar-refractivity contribution in [1.29, 1.82) is 0 Å². The van der Waals surface area contributed by atoms with E-state index < -0.39 is 16.0 Å². The van der Waals surface area contributed by atoms with Crippen molar-refractivity contribution in [2.24, 2.45) is 0 Å². The zero-order valence-electron chi connectivity index (χ0n) is 10.7. The summed E-state index contributed by atoms with van der Waals surface area (Å²) in [5.74, 6) is -0.782. The first-order valence-electron chi connectivity index (χ1n) is 6.22. The third kappa shape index (κ3) is 3.13. The molecule has 1 saturated heterocycles. The van der Waals surface area contributed by atoms with Gasteiger partial charge in [-0.25, -0.2) is 13.2 Å². The molecule has 1 heterocycles. The Balaban J connectivity index is 2.17. The van der Waals surface area contributed by atoms with E-state index in [4.69, 9.17) is 5.11 Å². The number of carbonyl (C=O) groups is 1. The summed E-state index contributed by atoms with van der Waals surface area (Å²) in [6.45, 7) is 2.21. The SMILES string of the molecule is CC1CCCS(=O)(=O)N1Cc1ccc(C(=O)O)cc1. The molecule has 1 aliphatic rings. The van der Waals surface area contributed by atoms with E-state index in [9.17, 15) is 13.2 Å². The first kappa shape index (κ1) is 14.0. The highest BCUT2D eigenvalue weighted by molar-refractivity contribution is 7.89. The summed E-state index contributed by atoms with van der Waals surface area (Å²) in [5.41, 5.74) is 1.01. The summed E-state index contributed by atoms with van der Waals surface area (Å²) in [7, 11) is -3.18. The van der Waals surface area contributed by atoms with Gasteiger partial charge >= 0.3 is 5.97 Å². The Kier molecular flexibility index (Phi) is 3.91. The highest BCUT2D eigenvalue weighted by Gasteiger charge is 2.31. The van der Waals surface area contributed by atoms with Crippen molar-refractivity contribution in [2.75, 3.05) is 5.75 Å². The van der Waals surface area contributed by atoms with Crippen LogP contribution in [-0.4, -0.2) is 35.6 Å². The number of nitrogens with zero attached hydrogens (tertiary/aromatic N) is 1. The Hall–Kier alpha value is -1.40. The van der Waals surface area contributed by atoms with Gasteiger partial charge in [0.05, 0.1) is 11.3 Å². The number of aromatic carboxylic acids is 1. The van der Waals surface area contributed by atoms with Gasteiger partial charge in [-0.3, -0.25) is 0 Å². The number of rotatable bonds is 3. The van der Waals surface area contributed by atoms with E-state index in [-0.39, 0.29) is 17.4 Å². The number of benzene rings is 1. The van der Waals surface area contributed by atoms with E-state index in [2.05, 4.69) is 0 Å². The summed E-state index contributed by atoms with van der Waals surface area (Å²) < 4.78 is 25.5. The summed E-state index contributed by atoms with van der Waals surface area (Å²) in [6, 6.07) is 6.33. The molecule has 0 radical (unpaired) electrons. The largest absolute Gasteiger partial charge is 0.478 e. The monoisotopic (exact) mass is 283 g/mol. The lowest BCUT2D eigenvalue weighted by molar-refractivity contribution is 0.0697. The van der Waals surface area contributed by atoms with Crippen LogP contribution in [0, 0.1) is 0 Å². The van der Waals surface area contributed by atoms with Crippen LogP contribution in [0.5, 0.6) is 0 Å². The standard InChI is InChI=1S/C13H17NO4S/c1-10-3-2-8-19(17,18)14(10)9-11-4-6-12(7-5-11)13(15)16/h4-7,10H,2-3,8-9H2,1H3,(H,15,16). The fourth-order valence-electron chi connectivity index (χ4n) is 2.28. The van der Waals surface area contributed by atoms with Crippen LogP contribution in [0.2, 0.25) is 0 Å². The van der Waals surface area contributed by atoms with Crippen molar-refractivity contribution in [3.05, 3.63) is 35.4 Å². The Morgan fingerprint density at radius 3 is 2.53 bits per heavy atom. The minimum atomic E-state index is -3.18. The highest BCUT2D eigenvalue weighted by atomic mass is 32.2. The molecule has 0 bridgehead atoms. The molecule has 0 aromatic heterocycles. The molecule has 0 amide bonds. The molecule has 1 unspecified atom stereocenters. The number of carboxylic acid groups (broad SMARTS) is 1. The highest BCUT2D eigenvalue weighted by Crippen LogP contribution is 2.23. The van der Waals surface area contributed by atoms with Gasteiger partial charge in [0.25, 0.3) is 0 Å². The lowest BCUT2D eigenvalue weighted by Gasteiger charge is -2.32. The Labute approximate surface area is 112 Å². The van der Waals surface area contributed by atoms with Gasteiger partial charge in [0.2, 0.25) is 10.0 Å². The van der Waals surface area contributed by atoms with Gasteiger partial charge in [0, 0.05) is 12.6 Å². The topological polar surface area (TPSA) is 74.7 Å². The third-order valence-corrected chi connectivity index (χ3v) is 5.42. The van der Waals surface area contributed by atoms with Crippen LogP contribution in [0.25, 0.3) is 0 Å². The lowest BCUT2D eigenvalue weighted by atomic mass is 10.1. The summed E-state index contributed by atoms with van der Waals surface area (Å²) in [6.07, 6.45) is 1.57. The van der Waals surface area contributed by atoms with E-state index in [1.54, 1.807) is 12.1 Å². The molecule has 19 heavy (non-hydrogen) atoms. The van der Waals surface area contributed by atoms with Crippen molar-refractivity contribution < 1.29 is 18.3 Å². The molecule has 1 atom stereocenters. The van der Waals surface area contributed by atoms with Gasteiger partial charge < -0.3 is 5.11 Å². The average molecular weight is 283 g/mol. The summed E-state index contributed by atoms with van der Waals surface area (Å²) in [5, 5.41) is 8.82. The van der Waals surface area contributed by atoms with E-state index in [0.717, 1.165) is 12.0 Å². The minimum Gasteiger partial charge on any atom is -0.478 e. The smallest absolute Gasteiger partial charge is 0.335 e. The third-order valence-electron chi connectivity index (χ3n) is 3.41. The van der Waals surface area contributed by atoms with Crippen molar-refractivity contribution in [1.82, 2.24) is 4.31 Å². The van der Waals surface area contributed by atoms with Gasteiger partial charge in [-0.05, 0) is 37.5 Å². The predicted molar refractivity (Wildman–Crippen MR) is 71.4 cm³/mol. The van der Waals surface area contributed by atoms with Crippen LogP contribution in [0.1, 0.15) is 35.7 Å². The zero-order valence-corrected chi connectivity index (χ0v) is 11.6. The molecular formula is C13H17NO4S. The maximum absolute atomic E-state index is 12.0. The first-order chi connectivity index (χ1) is 8.90. The van der Waals surface area contributed by atoms with Crippen LogP contribution in [-0.2, 0) is 16.6 Å². The Bertz CT molecular complexity index is 565. The van der Waals surface area contributed by atoms with Crippen LogP contribution in [0.4, 0.5) is 0 Å². The van der Waals surface area contributed by atoms with Gasteiger partial charge in [-0.15, -0.1) is 0 Å². The molecule has 1 aliphatic heterocycles. The fourth-order valence-corrected chi connectivity index (χ4v) is 4.05. The number of carboxylic acids is 1. The molecular weight excluding hydrogens is 266 g/mol. The fraction of sp³-hybridized carbons (Fsp3) is 0.462. The van der Waals surface area contributed by atoms with Crippen LogP contribution in [0.3, 0.4) is 0 Å². The normalized spacial score (nSPS) is 23.1. The number of hydrogen-bond donors (Lipinski definition) is 1. The maximum Gasteiger partial charge on any atom is 0.335 e. The second kappa shape index (κ2) is 5.30. The van der Waals surface area contributed by atoms with Crippen molar-refractivity contribution in [3.63, 3.8) is 0 Å². The van der Waals surface area contributed by atoms with Crippen LogP contribution in [0.15, 0.2) is 24.3 Å². The molecule has 6 heteroatoms. The number of hydrogen-bond acceptors (Lipinski definition) is 3. The van der Waals surface area contributed by atoms with Crippen LogP contribution < -0.4 is 0 Å². The molecule has 5 nitrogen and oxygen atoms in total. The number of sulfonamides is 1. The van der Waals surface area contributed by atoms with Gasteiger partial charge in [-0.1, -0.05) is 12.1 Å². The molecule has 0 spiro atoms. The Morgan fingerprint density at radius 2 is 2.00 bits per heavy atom. The molecule has 0 aliphatic carbocycles. The molecule has 1 aromatic carbocycles. The summed E-state index contributed by atoms with van der Waals surface area (Å²) >= 11 is 0. The van der Waals surface area contributed by atoms with Crippen molar-refractivity contribution in [2.45, 2.75) is 32.4 Å². The van der Waals surface area contributed by atoms with Gasteiger partial charge in [-0.2, -0.15) is 4.31 Å². The van der Waals surface area contributed by atoms with Gasteiger partial charge in [0.1, 0.15) is 0 Å². The molecule has 1 fully saturated rings. The van der Waals surface area contributed by atoms with Crippen molar-refractivity contribution in [3.8, 4) is 0 Å². The Morgan fingerprint density at radius 1 is 1.37 bits per heavy atom. The minimum absolute atomic E-state index is 0.00194. The molecule has 2 rings (SSSR count). The zero-order chi connectivity index (χ0) is 14.0. The lowest BCUT2D eigenvalue weighted by Crippen LogP contribution is -2.43. The predicted octanol–water partition coefficient (Wildman–Crippen LogP) is 1.70. The van der Waals surface area contributed by atoms with E-state index in [0.29, 0.717) is 13.0 Å². The average Bonchev–Trinajstić information content (AvgIpc) is 2.34. The van der Waals surface area contributed by atoms with Gasteiger partial charge in [0.15, 0.2) is 0 Å². The quantitative estimate of drug-likeness (QED) is 0.916. The molecule has 1 N–H and O–H groups in total. The molecule has 1 aromatic rings. The van der Waals surface area contributed by atoms with E-state index in [1.807, 2.05) is 6.92 Å². The first-order valence-corrected chi connectivity index (χ1v) is 7.83. The van der Waals surface area contributed by atoms with E-state index in [1.165, 1.54) is 16.4 Å². The van der Waals surface area contributed by atoms with E-state index >= 15 is 0 Å². The van der Waals surface area contributed by atoms with Crippen LogP contribution >= 0.6 is 0 Å². The second-order valence-electron chi connectivity index (χ2n) is 4.85. The molecule has 0 saturated carbocycles. The maximum atomic E-state index is 12.0.